The van der Waals surface area contributed by atoms with Gasteiger partial charge in [-0.05, 0) is 30.4 Å². The summed E-state index contributed by atoms with van der Waals surface area (Å²) >= 11 is 0. The average Bonchev–Trinajstić information content (AvgIpc) is 3.36. The summed E-state index contributed by atoms with van der Waals surface area (Å²) in [4.78, 5) is 15.9. The molecular formula is C17H15NO3. The van der Waals surface area contributed by atoms with E-state index in [1.54, 1.807) is 36.7 Å². The quantitative estimate of drug-likeness (QED) is 0.464. The lowest BCUT2D eigenvalue weighted by molar-refractivity contribution is 0.104. The third kappa shape index (κ3) is 3.77. The summed E-state index contributed by atoms with van der Waals surface area (Å²) in [5, 5.41) is 0. The lowest BCUT2D eigenvalue weighted by Crippen LogP contribution is -2.04. The zero-order chi connectivity index (χ0) is 14.5. The molecule has 0 N–H and O–H groups in total. The van der Waals surface area contributed by atoms with Gasteiger partial charge in [-0.3, -0.25) is 9.78 Å². The van der Waals surface area contributed by atoms with Gasteiger partial charge in [0.1, 0.15) is 18.5 Å². The summed E-state index contributed by atoms with van der Waals surface area (Å²) in [6, 6.07) is 11.0. The van der Waals surface area contributed by atoms with Crippen molar-refractivity contribution in [3.63, 3.8) is 0 Å². The molecule has 1 aromatic heterocycles. The maximum absolute atomic E-state index is 12.0. The number of ether oxygens (including phenoxy) is 2. The molecule has 0 spiro atoms. The lowest BCUT2D eigenvalue weighted by Gasteiger charge is -2.07. The van der Waals surface area contributed by atoms with E-state index in [0.29, 0.717) is 12.2 Å². The van der Waals surface area contributed by atoms with Crippen molar-refractivity contribution in [2.75, 3.05) is 13.2 Å². The Morgan fingerprint density at radius 2 is 2.05 bits per heavy atom. The van der Waals surface area contributed by atoms with Crippen LogP contribution < -0.4 is 4.74 Å². The smallest absolute Gasteiger partial charge is 0.185 e. The van der Waals surface area contributed by atoms with Crippen LogP contribution in [0.25, 0.3) is 6.08 Å². The number of carbonyl (C=O) groups excluding carboxylic acids is 1. The normalized spacial score (nSPS) is 16.9. The molecule has 1 saturated heterocycles. The monoisotopic (exact) mass is 281 g/mol. The van der Waals surface area contributed by atoms with Gasteiger partial charge < -0.3 is 9.47 Å². The van der Waals surface area contributed by atoms with Crippen molar-refractivity contribution in [3.8, 4) is 5.75 Å². The number of benzene rings is 1. The number of aromatic nitrogens is 1. The van der Waals surface area contributed by atoms with Gasteiger partial charge in [0.2, 0.25) is 0 Å². The van der Waals surface area contributed by atoms with Crippen molar-refractivity contribution in [2.24, 2.45) is 0 Å². The van der Waals surface area contributed by atoms with Gasteiger partial charge in [-0.15, -0.1) is 0 Å². The second kappa shape index (κ2) is 6.33. The van der Waals surface area contributed by atoms with Crippen LogP contribution in [0.4, 0.5) is 0 Å². The van der Waals surface area contributed by atoms with Crippen molar-refractivity contribution in [1.29, 1.82) is 0 Å². The number of allylic oxidation sites excluding steroid dienone is 1. The van der Waals surface area contributed by atoms with Gasteiger partial charge in [0.25, 0.3) is 0 Å². The molecule has 1 aromatic carbocycles. The molecule has 4 heteroatoms. The van der Waals surface area contributed by atoms with Gasteiger partial charge in [-0.25, -0.2) is 0 Å². The van der Waals surface area contributed by atoms with E-state index in [9.17, 15) is 4.79 Å². The molecule has 21 heavy (non-hydrogen) atoms. The van der Waals surface area contributed by atoms with Gasteiger partial charge in [-0.1, -0.05) is 18.2 Å². The topological polar surface area (TPSA) is 51.7 Å². The van der Waals surface area contributed by atoms with Crippen molar-refractivity contribution < 1.29 is 14.3 Å². The Morgan fingerprint density at radius 1 is 1.29 bits per heavy atom. The van der Waals surface area contributed by atoms with Gasteiger partial charge >= 0.3 is 0 Å². The molecule has 1 fully saturated rings. The van der Waals surface area contributed by atoms with E-state index >= 15 is 0 Å². The highest BCUT2D eigenvalue weighted by atomic mass is 16.6. The molecule has 1 aliphatic rings. The van der Waals surface area contributed by atoms with Crippen molar-refractivity contribution in [2.45, 2.75) is 6.10 Å². The van der Waals surface area contributed by atoms with E-state index in [-0.39, 0.29) is 11.9 Å². The Hall–Kier alpha value is -2.46. The van der Waals surface area contributed by atoms with E-state index in [1.807, 2.05) is 24.3 Å². The first kappa shape index (κ1) is 13.5. The van der Waals surface area contributed by atoms with Gasteiger partial charge in [0.05, 0.1) is 6.61 Å². The molecule has 0 radical (unpaired) electrons. The van der Waals surface area contributed by atoms with Crippen LogP contribution in [0.3, 0.4) is 0 Å². The third-order valence-corrected chi connectivity index (χ3v) is 3.13. The minimum Gasteiger partial charge on any atom is -0.490 e. The molecule has 2 aromatic rings. The van der Waals surface area contributed by atoms with E-state index in [4.69, 9.17) is 9.47 Å². The number of ketones is 1. The van der Waals surface area contributed by atoms with Crippen LogP contribution in [0.2, 0.25) is 0 Å². The van der Waals surface area contributed by atoms with Crippen molar-refractivity contribution in [3.05, 3.63) is 66.0 Å². The van der Waals surface area contributed by atoms with Gasteiger partial charge in [0.15, 0.2) is 5.78 Å². The Labute approximate surface area is 123 Å². The van der Waals surface area contributed by atoms with Crippen LogP contribution in [0.5, 0.6) is 5.75 Å². The molecule has 1 atom stereocenters. The van der Waals surface area contributed by atoms with Crippen molar-refractivity contribution >= 4 is 11.9 Å². The zero-order valence-corrected chi connectivity index (χ0v) is 11.4. The Balaban J connectivity index is 1.71. The maximum atomic E-state index is 12.0. The van der Waals surface area contributed by atoms with Crippen LogP contribution in [-0.2, 0) is 4.74 Å². The molecular weight excluding hydrogens is 266 g/mol. The summed E-state index contributed by atoms with van der Waals surface area (Å²) in [5.74, 6) is 0.699. The van der Waals surface area contributed by atoms with Crippen LogP contribution in [0.1, 0.15) is 15.9 Å². The summed E-state index contributed by atoms with van der Waals surface area (Å²) in [5.41, 5.74) is 1.49. The number of nitrogens with zero attached hydrogens (tertiary/aromatic N) is 1. The number of hydrogen-bond acceptors (Lipinski definition) is 4. The highest BCUT2D eigenvalue weighted by molar-refractivity contribution is 6.06. The van der Waals surface area contributed by atoms with Gasteiger partial charge in [-0.2, -0.15) is 0 Å². The highest BCUT2D eigenvalue weighted by Gasteiger charge is 2.23. The average molecular weight is 281 g/mol. The predicted octanol–water partition coefficient (Wildman–Crippen LogP) is 2.76. The summed E-state index contributed by atoms with van der Waals surface area (Å²) in [6.07, 6.45) is 6.74. The molecule has 1 aliphatic heterocycles. The van der Waals surface area contributed by atoms with Crippen molar-refractivity contribution in [1.82, 2.24) is 4.98 Å². The fourth-order valence-electron chi connectivity index (χ4n) is 1.87. The Morgan fingerprint density at radius 3 is 2.81 bits per heavy atom. The van der Waals surface area contributed by atoms with E-state index < -0.39 is 0 Å². The van der Waals surface area contributed by atoms with E-state index in [0.717, 1.165) is 17.9 Å². The number of pyridine rings is 1. The van der Waals surface area contributed by atoms with Crippen LogP contribution in [-0.4, -0.2) is 30.1 Å². The molecule has 0 aliphatic carbocycles. The Bertz CT molecular complexity index is 648. The fraction of sp³-hybridized carbons (Fsp3) is 0.176. The predicted molar refractivity (Wildman–Crippen MR) is 79.3 cm³/mol. The molecule has 0 bridgehead atoms. The molecule has 1 unspecified atom stereocenters. The van der Waals surface area contributed by atoms with Crippen LogP contribution >= 0.6 is 0 Å². The van der Waals surface area contributed by atoms with Crippen LogP contribution in [0.15, 0.2) is 54.9 Å². The maximum Gasteiger partial charge on any atom is 0.185 e. The standard InChI is InChI=1S/C17H15NO3/c19-16(13-7-9-18-10-8-13)6-5-14-3-1-2-4-17(14)21-12-15-11-20-15/h1-10,15H,11-12H2/b6-5+. The molecule has 2 heterocycles. The van der Waals surface area contributed by atoms with Gasteiger partial charge in [0, 0.05) is 23.5 Å². The summed E-state index contributed by atoms with van der Waals surface area (Å²) in [6.45, 7) is 1.31. The number of para-hydroxylation sites is 1. The number of rotatable bonds is 6. The zero-order valence-electron chi connectivity index (χ0n) is 11.4. The van der Waals surface area contributed by atoms with E-state index in [1.165, 1.54) is 0 Å². The number of hydrogen-bond donors (Lipinski definition) is 0. The number of carbonyl (C=O) groups is 1. The fourth-order valence-corrected chi connectivity index (χ4v) is 1.87. The second-order valence-corrected chi connectivity index (χ2v) is 4.74. The highest BCUT2D eigenvalue weighted by Crippen LogP contribution is 2.21. The minimum atomic E-state index is -0.0577. The first-order valence-electron chi connectivity index (χ1n) is 6.79. The molecule has 0 amide bonds. The summed E-state index contributed by atoms with van der Waals surface area (Å²) in [7, 11) is 0. The minimum absolute atomic E-state index is 0.0577. The lowest BCUT2D eigenvalue weighted by atomic mass is 10.1. The Kier molecular flexibility index (Phi) is 4.07. The largest absolute Gasteiger partial charge is 0.490 e. The molecule has 106 valence electrons. The van der Waals surface area contributed by atoms with E-state index in [2.05, 4.69) is 4.98 Å². The molecule has 0 saturated carbocycles. The van der Waals surface area contributed by atoms with Crippen LogP contribution in [0, 0.1) is 0 Å². The second-order valence-electron chi connectivity index (χ2n) is 4.74. The SMILES string of the molecule is O=C(/C=C/c1ccccc1OCC1CO1)c1ccncc1. The number of epoxide rings is 1. The summed E-state index contributed by atoms with van der Waals surface area (Å²) < 4.78 is 10.8. The molecule has 4 nitrogen and oxygen atoms in total. The first-order valence-corrected chi connectivity index (χ1v) is 6.79. The molecule has 3 rings (SSSR count). The third-order valence-electron chi connectivity index (χ3n) is 3.13. The first-order chi connectivity index (χ1) is 10.3.